The molecule has 4 heteroatoms. The van der Waals surface area contributed by atoms with Crippen LogP contribution in [0.25, 0.3) is 0 Å². The number of benzene rings is 1. The van der Waals surface area contributed by atoms with Crippen molar-refractivity contribution in [2.45, 2.75) is 44.1 Å². The van der Waals surface area contributed by atoms with Crippen LogP contribution in [0, 0.1) is 6.92 Å². The molecule has 1 heterocycles. The first-order chi connectivity index (χ1) is 8.83. The normalized spacial score (nSPS) is 23.4. The molecule has 3 nitrogen and oxygen atoms in total. The van der Waals surface area contributed by atoms with Crippen molar-refractivity contribution < 1.29 is 13.2 Å². The van der Waals surface area contributed by atoms with Gasteiger partial charge in [-0.15, -0.1) is 0 Å². The number of sulfone groups is 1. The maximum atomic E-state index is 12.3. The Labute approximate surface area is 115 Å². The van der Waals surface area contributed by atoms with Crippen molar-refractivity contribution in [3.63, 3.8) is 0 Å². The Kier molecular flexibility index (Phi) is 3.83. The van der Waals surface area contributed by atoms with E-state index in [0.29, 0.717) is 9.80 Å². The number of rotatable bonds is 5. The number of epoxide rings is 1. The lowest BCUT2D eigenvalue weighted by atomic mass is 10.1. The zero-order chi connectivity index (χ0) is 14.1. The van der Waals surface area contributed by atoms with Gasteiger partial charge in [0.1, 0.15) is 0 Å². The molecule has 1 unspecified atom stereocenters. The molecule has 104 valence electrons. The average molecular weight is 280 g/mol. The third-order valence-electron chi connectivity index (χ3n) is 3.50. The molecule has 0 saturated carbocycles. The second-order valence-corrected chi connectivity index (χ2v) is 7.53. The highest BCUT2D eigenvalue weighted by atomic mass is 32.2. The molecule has 0 N–H and O–H groups in total. The first-order valence-corrected chi connectivity index (χ1v) is 7.94. The van der Waals surface area contributed by atoms with Crippen molar-refractivity contribution >= 4 is 9.84 Å². The third-order valence-corrected chi connectivity index (χ3v) is 5.40. The first kappa shape index (κ1) is 14.3. The quantitative estimate of drug-likeness (QED) is 0.778. The fraction of sp³-hybridized carbons (Fsp3) is 0.467. The Bertz CT molecular complexity index is 578. The Morgan fingerprint density at radius 1 is 1.37 bits per heavy atom. The van der Waals surface area contributed by atoms with Crippen LogP contribution in [0.5, 0.6) is 0 Å². The zero-order valence-electron chi connectivity index (χ0n) is 11.6. The molecule has 0 aromatic heterocycles. The second-order valence-electron chi connectivity index (χ2n) is 5.41. The zero-order valence-corrected chi connectivity index (χ0v) is 12.5. The van der Waals surface area contributed by atoms with Crippen molar-refractivity contribution in [2.24, 2.45) is 0 Å². The molecule has 0 aliphatic carbocycles. The summed E-state index contributed by atoms with van der Waals surface area (Å²) in [5.41, 5.74) is 1.03. The highest BCUT2D eigenvalue weighted by molar-refractivity contribution is 7.95. The average Bonchev–Trinajstić information content (AvgIpc) is 3.08. The van der Waals surface area contributed by atoms with Crippen LogP contribution in [-0.2, 0) is 14.6 Å². The highest BCUT2D eigenvalue weighted by Crippen LogP contribution is 2.31. The van der Waals surface area contributed by atoms with E-state index in [2.05, 4.69) is 0 Å². The van der Waals surface area contributed by atoms with Gasteiger partial charge in [-0.3, -0.25) is 0 Å². The van der Waals surface area contributed by atoms with E-state index in [1.54, 1.807) is 25.1 Å². The van der Waals surface area contributed by atoms with E-state index in [-0.39, 0.29) is 5.60 Å². The lowest BCUT2D eigenvalue weighted by molar-refractivity contribution is 0.310. The molecular formula is C15H20O3S. The monoisotopic (exact) mass is 280 g/mol. The van der Waals surface area contributed by atoms with Gasteiger partial charge in [0.15, 0.2) is 0 Å². The fourth-order valence-corrected chi connectivity index (χ4v) is 3.06. The van der Waals surface area contributed by atoms with Crippen molar-refractivity contribution in [3.05, 3.63) is 40.8 Å². The summed E-state index contributed by atoms with van der Waals surface area (Å²) < 4.78 is 29.9. The van der Waals surface area contributed by atoms with Crippen molar-refractivity contribution in [2.75, 3.05) is 6.61 Å². The van der Waals surface area contributed by atoms with Gasteiger partial charge in [-0.2, -0.15) is 0 Å². The van der Waals surface area contributed by atoms with Crippen molar-refractivity contribution in [3.8, 4) is 0 Å². The second kappa shape index (κ2) is 5.10. The molecule has 1 aromatic rings. The van der Waals surface area contributed by atoms with E-state index in [1.165, 1.54) is 0 Å². The Balaban J connectivity index is 2.09. The standard InChI is InChI=1S/C15H20O3S/c1-12-6-8-14(9-7-12)19(16,17)13(2)5-4-10-15(3)11-18-15/h5-9H,4,10-11H2,1-3H3/b13-5-. The van der Waals surface area contributed by atoms with Gasteiger partial charge < -0.3 is 4.74 Å². The summed E-state index contributed by atoms with van der Waals surface area (Å²) in [5, 5.41) is 0. The molecule has 2 rings (SSSR count). The summed E-state index contributed by atoms with van der Waals surface area (Å²) in [5.74, 6) is 0. The van der Waals surface area contributed by atoms with E-state index in [9.17, 15) is 8.42 Å². The maximum Gasteiger partial charge on any atom is 0.202 e. The predicted molar refractivity (Wildman–Crippen MR) is 75.7 cm³/mol. The molecule has 1 fully saturated rings. The van der Waals surface area contributed by atoms with Crippen molar-refractivity contribution in [1.82, 2.24) is 0 Å². The van der Waals surface area contributed by atoms with Gasteiger partial charge >= 0.3 is 0 Å². The van der Waals surface area contributed by atoms with Crippen LogP contribution in [0.15, 0.2) is 40.1 Å². The van der Waals surface area contributed by atoms with Crippen LogP contribution in [0.2, 0.25) is 0 Å². The summed E-state index contributed by atoms with van der Waals surface area (Å²) in [6.45, 7) is 6.43. The third kappa shape index (κ3) is 3.45. The van der Waals surface area contributed by atoms with Gasteiger partial charge in [0, 0.05) is 4.91 Å². The van der Waals surface area contributed by atoms with Crippen LogP contribution < -0.4 is 0 Å². The number of hydrogen-bond acceptors (Lipinski definition) is 3. The first-order valence-electron chi connectivity index (χ1n) is 6.46. The van der Waals surface area contributed by atoms with E-state index in [1.807, 2.05) is 26.0 Å². The molecule has 1 saturated heterocycles. The van der Waals surface area contributed by atoms with Crippen LogP contribution in [0.1, 0.15) is 32.3 Å². The lowest BCUT2D eigenvalue weighted by Gasteiger charge is -2.06. The minimum Gasteiger partial charge on any atom is -0.370 e. The summed E-state index contributed by atoms with van der Waals surface area (Å²) >= 11 is 0. The number of hydrogen-bond donors (Lipinski definition) is 0. The van der Waals surface area contributed by atoms with Crippen LogP contribution in [-0.4, -0.2) is 20.6 Å². The van der Waals surface area contributed by atoms with Gasteiger partial charge in [0.05, 0.1) is 17.1 Å². The molecule has 19 heavy (non-hydrogen) atoms. The van der Waals surface area contributed by atoms with Gasteiger partial charge in [0.25, 0.3) is 0 Å². The SMILES string of the molecule is C/C(=C/CCC1(C)CO1)S(=O)(=O)c1ccc(C)cc1. The van der Waals surface area contributed by atoms with Gasteiger partial charge in [-0.05, 0) is 45.7 Å². The Morgan fingerprint density at radius 2 is 1.95 bits per heavy atom. The number of allylic oxidation sites excluding steroid dienone is 2. The van der Waals surface area contributed by atoms with E-state index >= 15 is 0 Å². The van der Waals surface area contributed by atoms with Crippen LogP contribution in [0.3, 0.4) is 0 Å². The molecule has 0 amide bonds. The summed E-state index contributed by atoms with van der Waals surface area (Å²) in [6.07, 6.45) is 3.39. The fourth-order valence-electron chi connectivity index (χ4n) is 1.86. The molecule has 1 aromatic carbocycles. The molecular weight excluding hydrogens is 260 g/mol. The van der Waals surface area contributed by atoms with Crippen molar-refractivity contribution in [1.29, 1.82) is 0 Å². The van der Waals surface area contributed by atoms with Gasteiger partial charge in [-0.1, -0.05) is 23.8 Å². The smallest absolute Gasteiger partial charge is 0.202 e. The van der Waals surface area contributed by atoms with Gasteiger partial charge in [-0.25, -0.2) is 8.42 Å². The largest absolute Gasteiger partial charge is 0.370 e. The van der Waals surface area contributed by atoms with Crippen LogP contribution in [0.4, 0.5) is 0 Å². The number of aryl methyl sites for hydroxylation is 1. The Hall–Kier alpha value is -1.13. The van der Waals surface area contributed by atoms with E-state index < -0.39 is 9.84 Å². The molecule has 1 aliphatic heterocycles. The predicted octanol–water partition coefficient (Wildman–Crippen LogP) is 3.24. The molecule has 1 atom stereocenters. The topological polar surface area (TPSA) is 46.7 Å². The summed E-state index contributed by atoms with van der Waals surface area (Å²) in [4.78, 5) is 0.779. The summed E-state index contributed by atoms with van der Waals surface area (Å²) in [7, 11) is -3.33. The van der Waals surface area contributed by atoms with E-state index in [4.69, 9.17) is 4.74 Å². The molecule has 1 aliphatic rings. The molecule has 0 radical (unpaired) electrons. The highest BCUT2D eigenvalue weighted by Gasteiger charge is 2.38. The maximum absolute atomic E-state index is 12.3. The van der Waals surface area contributed by atoms with Gasteiger partial charge in [0.2, 0.25) is 9.84 Å². The van der Waals surface area contributed by atoms with Crippen LogP contribution >= 0.6 is 0 Å². The minimum atomic E-state index is -3.33. The lowest BCUT2D eigenvalue weighted by Crippen LogP contribution is -2.05. The minimum absolute atomic E-state index is 0.0234. The van der Waals surface area contributed by atoms with E-state index in [0.717, 1.165) is 25.0 Å². The molecule has 0 spiro atoms. The number of ether oxygens (including phenoxy) is 1. The molecule has 0 bridgehead atoms. The Morgan fingerprint density at radius 3 is 2.47 bits per heavy atom. The summed E-state index contributed by atoms with van der Waals surface area (Å²) in [6, 6.07) is 6.96.